The van der Waals surface area contributed by atoms with Gasteiger partial charge in [0.2, 0.25) is 5.91 Å². The molecule has 2 fully saturated rings. The Kier molecular flexibility index (Phi) is 2.51. The maximum absolute atomic E-state index is 11.1. The first kappa shape index (κ1) is 8.97. The first-order valence-electron chi connectivity index (χ1n) is 4.85. The Balaban J connectivity index is 1.95. The van der Waals surface area contributed by atoms with Crippen molar-refractivity contribution in [2.75, 3.05) is 13.7 Å². The van der Waals surface area contributed by atoms with Crippen LogP contribution in [0.3, 0.4) is 0 Å². The molecule has 2 aliphatic rings. The van der Waals surface area contributed by atoms with Crippen molar-refractivity contribution < 1.29 is 9.53 Å². The fraction of sp³-hybridized carbons (Fsp3) is 0.889. The van der Waals surface area contributed by atoms with Gasteiger partial charge in [-0.2, -0.15) is 0 Å². The molecule has 0 aromatic carbocycles. The van der Waals surface area contributed by atoms with Crippen molar-refractivity contribution in [3.63, 3.8) is 0 Å². The van der Waals surface area contributed by atoms with Gasteiger partial charge in [-0.25, -0.2) is 0 Å². The average molecular weight is 184 g/mol. The van der Waals surface area contributed by atoms with Gasteiger partial charge in [-0.15, -0.1) is 0 Å². The van der Waals surface area contributed by atoms with E-state index in [1.807, 2.05) is 0 Å². The predicted octanol–water partition coefficient (Wildman–Crippen LogP) is -0.358. The van der Waals surface area contributed by atoms with Gasteiger partial charge in [-0.1, -0.05) is 0 Å². The third kappa shape index (κ3) is 1.84. The minimum Gasteiger partial charge on any atom is -0.380 e. The summed E-state index contributed by atoms with van der Waals surface area (Å²) in [7, 11) is 1.72. The first-order chi connectivity index (χ1) is 6.29. The van der Waals surface area contributed by atoms with Crippen LogP contribution in [0.5, 0.6) is 0 Å². The molecule has 0 saturated carbocycles. The first-order valence-corrected chi connectivity index (χ1v) is 4.85. The van der Waals surface area contributed by atoms with Crippen LogP contribution in [0.4, 0.5) is 0 Å². The minimum atomic E-state index is 0.180. The second kappa shape index (κ2) is 3.64. The lowest BCUT2D eigenvalue weighted by Crippen LogP contribution is -2.60. The SMILES string of the molecule is COC1CNC2CCC(=O)NC2C1. The molecule has 0 radical (unpaired) electrons. The third-order valence-corrected chi connectivity index (χ3v) is 2.97. The quantitative estimate of drug-likeness (QED) is 0.585. The Hall–Kier alpha value is -0.610. The highest BCUT2D eigenvalue weighted by molar-refractivity contribution is 5.77. The summed E-state index contributed by atoms with van der Waals surface area (Å²) < 4.78 is 5.26. The molecule has 0 bridgehead atoms. The Morgan fingerprint density at radius 2 is 2.31 bits per heavy atom. The van der Waals surface area contributed by atoms with Crippen molar-refractivity contribution in [1.82, 2.24) is 10.6 Å². The van der Waals surface area contributed by atoms with Gasteiger partial charge in [-0.3, -0.25) is 4.79 Å². The van der Waals surface area contributed by atoms with Crippen LogP contribution in [0, 0.1) is 0 Å². The van der Waals surface area contributed by atoms with E-state index in [9.17, 15) is 4.79 Å². The highest BCUT2D eigenvalue weighted by Crippen LogP contribution is 2.18. The van der Waals surface area contributed by atoms with Crippen LogP contribution < -0.4 is 10.6 Å². The number of hydrogen-bond donors (Lipinski definition) is 2. The molecule has 0 aromatic heterocycles. The van der Waals surface area contributed by atoms with Gasteiger partial charge in [0, 0.05) is 32.2 Å². The largest absolute Gasteiger partial charge is 0.380 e. The van der Waals surface area contributed by atoms with Crippen molar-refractivity contribution in [2.24, 2.45) is 0 Å². The normalized spacial score (nSPS) is 39.5. The summed E-state index contributed by atoms with van der Waals surface area (Å²) in [5, 5.41) is 6.40. The monoisotopic (exact) mass is 184 g/mol. The number of nitrogens with one attached hydrogen (secondary N) is 2. The second-order valence-electron chi connectivity index (χ2n) is 3.82. The maximum Gasteiger partial charge on any atom is 0.220 e. The van der Waals surface area contributed by atoms with Crippen LogP contribution >= 0.6 is 0 Å². The van der Waals surface area contributed by atoms with Crippen LogP contribution in [0.1, 0.15) is 19.3 Å². The molecular weight excluding hydrogens is 168 g/mol. The Morgan fingerprint density at radius 3 is 3.08 bits per heavy atom. The van der Waals surface area contributed by atoms with E-state index in [-0.39, 0.29) is 18.1 Å². The van der Waals surface area contributed by atoms with E-state index in [1.54, 1.807) is 7.11 Å². The van der Waals surface area contributed by atoms with Crippen molar-refractivity contribution in [3.05, 3.63) is 0 Å². The predicted molar refractivity (Wildman–Crippen MR) is 48.4 cm³/mol. The highest BCUT2D eigenvalue weighted by atomic mass is 16.5. The van der Waals surface area contributed by atoms with Gasteiger partial charge in [0.15, 0.2) is 0 Å². The molecule has 1 amide bonds. The number of ether oxygens (including phenoxy) is 1. The summed E-state index contributed by atoms with van der Waals surface area (Å²) in [6.07, 6.45) is 2.82. The summed E-state index contributed by atoms with van der Waals surface area (Å²) in [5.74, 6) is 0.180. The van der Waals surface area contributed by atoms with Crippen LogP contribution in [-0.4, -0.2) is 37.7 Å². The Morgan fingerprint density at radius 1 is 1.46 bits per heavy atom. The zero-order valence-corrected chi connectivity index (χ0v) is 7.88. The van der Waals surface area contributed by atoms with E-state index in [0.29, 0.717) is 12.5 Å². The highest BCUT2D eigenvalue weighted by Gasteiger charge is 2.34. The molecule has 2 saturated heterocycles. The van der Waals surface area contributed by atoms with Gasteiger partial charge in [0.25, 0.3) is 0 Å². The standard InChI is InChI=1S/C9H16N2O2/c1-13-6-4-8-7(10-5-6)2-3-9(12)11-8/h6-8,10H,2-5H2,1H3,(H,11,12). The molecule has 13 heavy (non-hydrogen) atoms. The molecule has 3 atom stereocenters. The second-order valence-corrected chi connectivity index (χ2v) is 3.82. The average Bonchev–Trinajstić information content (AvgIpc) is 2.16. The number of piperidine rings is 2. The molecular formula is C9H16N2O2. The maximum atomic E-state index is 11.1. The van der Waals surface area contributed by atoms with Crippen molar-refractivity contribution in [2.45, 2.75) is 37.5 Å². The summed E-state index contributed by atoms with van der Waals surface area (Å²) in [4.78, 5) is 11.1. The lowest BCUT2D eigenvalue weighted by atomic mass is 9.90. The fourth-order valence-corrected chi connectivity index (χ4v) is 2.16. The summed E-state index contributed by atoms with van der Waals surface area (Å²) in [6, 6.07) is 0.740. The molecule has 74 valence electrons. The minimum absolute atomic E-state index is 0.180. The molecule has 2 N–H and O–H groups in total. The molecule has 0 spiro atoms. The van der Waals surface area contributed by atoms with E-state index < -0.39 is 0 Å². The molecule has 3 unspecified atom stereocenters. The summed E-state index contributed by atoms with van der Waals surface area (Å²) in [5.41, 5.74) is 0. The van der Waals surface area contributed by atoms with E-state index >= 15 is 0 Å². The third-order valence-electron chi connectivity index (χ3n) is 2.97. The van der Waals surface area contributed by atoms with Gasteiger partial charge in [0.1, 0.15) is 0 Å². The molecule has 0 aromatic rings. The topological polar surface area (TPSA) is 50.4 Å². The number of carbonyl (C=O) groups excluding carboxylic acids is 1. The number of amides is 1. The van der Waals surface area contributed by atoms with Crippen LogP contribution in [0.15, 0.2) is 0 Å². The number of carbonyl (C=O) groups is 1. The van der Waals surface area contributed by atoms with Crippen LogP contribution in [0.2, 0.25) is 0 Å². The molecule has 4 nitrogen and oxygen atoms in total. The van der Waals surface area contributed by atoms with Crippen molar-refractivity contribution in [3.8, 4) is 0 Å². The van der Waals surface area contributed by atoms with Crippen LogP contribution in [0.25, 0.3) is 0 Å². The van der Waals surface area contributed by atoms with Crippen molar-refractivity contribution in [1.29, 1.82) is 0 Å². The summed E-state index contributed by atoms with van der Waals surface area (Å²) in [6.45, 7) is 0.910. The number of fused-ring (bicyclic) bond motifs is 1. The van der Waals surface area contributed by atoms with Gasteiger partial charge in [-0.05, 0) is 12.8 Å². The van der Waals surface area contributed by atoms with E-state index in [1.165, 1.54) is 0 Å². The molecule has 2 rings (SSSR count). The summed E-state index contributed by atoms with van der Waals surface area (Å²) >= 11 is 0. The van der Waals surface area contributed by atoms with Crippen molar-refractivity contribution >= 4 is 5.91 Å². The van der Waals surface area contributed by atoms with Gasteiger partial charge >= 0.3 is 0 Å². The Bertz CT molecular complexity index is 208. The molecule has 0 aliphatic carbocycles. The Labute approximate surface area is 78.0 Å². The lowest BCUT2D eigenvalue weighted by molar-refractivity contribution is -0.124. The van der Waals surface area contributed by atoms with E-state index in [4.69, 9.17) is 4.74 Å². The van der Waals surface area contributed by atoms with E-state index in [0.717, 1.165) is 19.4 Å². The number of rotatable bonds is 1. The number of hydrogen-bond acceptors (Lipinski definition) is 3. The van der Waals surface area contributed by atoms with E-state index in [2.05, 4.69) is 10.6 Å². The molecule has 2 heterocycles. The fourth-order valence-electron chi connectivity index (χ4n) is 2.16. The van der Waals surface area contributed by atoms with Gasteiger partial charge < -0.3 is 15.4 Å². The smallest absolute Gasteiger partial charge is 0.220 e. The molecule has 2 aliphatic heterocycles. The zero-order valence-electron chi connectivity index (χ0n) is 7.88. The lowest BCUT2D eigenvalue weighted by Gasteiger charge is -2.39. The molecule has 4 heteroatoms. The van der Waals surface area contributed by atoms with Gasteiger partial charge in [0.05, 0.1) is 6.10 Å². The van der Waals surface area contributed by atoms with Crippen LogP contribution in [-0.2, 0) is 9.53 Å². The number of methoxy groups -OCH3 is 1. The zero-order chi connectivity index (χ0) is 9.26.